The van der Waals surface area contributed by atoms with E-state index in [-0.39, 0.29) is 25.2 Å². The Morgan fingerprint density at radius 3 is 2.36 bits per heavy atom. The first-order valence-electron chi connectivity index (χ1n) is 13.1. The molecule has 1 N–H and O–H groups in total. The third-order valence-corrected chi connectivity index (χ3v) is 6.92. The summed E-state index contributed by atoms with van der Waals surface area (Å²) < 4.78 is 55.5. The van der Waals surface area contributed by atoms with E-state index in [4.69, 9.17) is 0 Å². The molecule has 0 saturated heterocycles. The van der Waals surface area contributed by atoms with Crippen LogP contribution in [0.15, 0.2) is 109 Å². The van der Waals surface area contributed by atoms with Crippen molar-refractivity contribution < 1.29 is 27.2 Å². The lowest BCUT2D eigenvalue weighted by atomic mass is 9.96. The molecule has 0 fully saturated rings. The lowest BCUT2D eigenvalue weighted by molar-refractivity contribution is -0.141. The molecule has 0 unspecified atom stereocenters. The van der Waals surface area contributed by atoms with Crippen molar-refractivity contribution in [2.45, 2.75) is 18.8 Å². The zero-order valence-corrected chi connectivity index (χ0v) is 22.3. The third kappa shape index (κ3) is 6.49. The van der Waals surface area contributed by atoms with Crippen molar-refractivity contribution in [1.29, 1.82) is 0 Å². The average Bonchev–Trinajstić information content (AvgIpc) is 2.98. The number of nitrogens with one attached hydrogen (secondary N) is 1. The highest BCUT2D eigenvalue weighted by Crippen LogP contribution is 2.38. The van der Waals surface area contributed by atoms with E-state index >= 15 is 0 Å². The van der Waals surface area contributed by atoms with Gasteiger partial charge in [0.25, 0.3) is 0 Å². The minimum Gasteiger partial charge on any atom is -0.326 e. The SMILES string of the molecule is O=C(Nc1ccccc1-c1ccncc1)N1C/C=C\[C@H](c2ccccc2C(F)(F)F)N(Cc2ccc(F)cc2)C(=O)C1. The number of benzene rings is 3. The number of aromatic nitrogens is 1. The molecule has 1 aliphatic rings. The van der Waals surface area contributed by atoms with Crippen LogP contribution in [0, 0.1) is 5.82 Å². The van der Waals surface area contributed by atoms with Gasteiger partial charge in [0.1, 0.15) is 12.4 Å². The van der Waals surface area contributed by atoms with Crippen LogP contribution in [0.5, 0.6) is 0 Å². The van der Waals surface area contributed by atoms with Gasteiger partial charge in [-0.25, -0.2) is 9.18 Å². The van der Waals surface area contributed by atoms with Crippen LogP contribution < -0.4 is 5.32 Å². The minimum atomic E-state index is -4.65. The van der Waals surface area contributed by atoms with Crippen LogP contribution in [-0.4, -0.2) is 39.8 Å². The Kier molecular flexibility index (Phi) is 8.33. The molecule has 0 spiro atoms. The molecule has 214 valence electrons. The molecule has 0 radical (unpaired) electrons. The number of urea groups is 1. The molecular formula is C32H26F4N4O2. The molecular weight excluding hydrogens is 548 g/mol. The van der Waals surface area contributed by atoms with Gasteiger partial charge in [0.2, 0.25) is 5.91 Å². The summed E-state index contributed by atoms with van der Waals surface area (Å²) in [5.74, 6) is -1.05. The fourth-order valence-corrected chi connectivity index (χ4v) is 4.88. The molecule has 10 heteroatoms. The van der Waals surface area contributed by atoms with E-state index in [1.54, 1.807) is 42.7 Å². The first kappa shape index (κ1) is 28.5. The van der Waals surface area contributed by atoms with Crippen molar-refractivity contribution in [3.8, 4) is 11.1 Å². The van der Waals surface area contributed by atoms with Crippen molar-refractivity contribution in [2.75, 3.05) is 18.4 Å². The summed E-state index contributed by atoms with van der Waals surface area (Å²) in [5.41, 5.74) is 1.67. The van der Waals surface area contributed by atoms with Gasteiger partial charge in [-0.1, -0.05) is 60.7 Å². The number of rotatable bonds is 5. The van der Waals surface area contributed by atoms with Gasteiger partial charge in [0.05, 0.1) is 17.3 Å². The molecule has 0 aliphatic carbocycles. The van der Waals surface area contributed by atoms with Crippen molar-refractivity contribution in [1.82, 2.24) is 14.8 Å². The van der Waals surface area contributed by atoms with Crippen LogP contribution in [0.25, 0.3) is 11.1 Å². The second-order valence-electron chi connectivity index (χ2n) is 9.70. The zero-order chi connectivity index (χ0) is 29.7. The molecule has 0 bridgehead atoms. The Bertz CT molecular complexity index is 1590. The molecule has 5 rings (SSSR count). The van der Waals surface area contributed by atoms with Gasteiger partial charge in [-0.3, -0.25) is 9.78 Å². The highest BCUT2D eigenvalue weighted by Gasteiger charge is 2.37. The maximum atomic E-state index is 14.0. The highest BCUT2D eigenvalue weighted by atomic mass is 19.4. The maximum Gasteiger partial charge on any atom is 0.416 e. The van der Waals surface area contributed by atoms with Crippen LogP contribution in [0.2, 0.25) is 0 Å². The van der Waals surface area contributed by atoms with Gasteiger partial charge in [0.15, 0.2) is 0 Å². The number of amides is 3. The summed E-state index contributed by atoms with van der Waals surface area (Å²) in [7, 11) is 0. The van der Waals surface area contributed by atoms with Gasteiger partial charge < -0.3 is 15.1 Å². The number of nitrogens with zero attached hydrogens (tertiary/aromatic N) is 3. The predicted octanol–water partition coefficient (Wildman–Crippen LogP) is 7.08. The Morgan fingerprint density at radius 1 is 0.929 bits per heavy atom. The third-order valence-electron chi connectivity index (χ3n) is 6.92. The lowest BCUT2D eigenvalue weighted by Crippen LogP contribution is -2.46. The molecule has 1 aromatic heterocycles. The van der Waals surface area contributed by atoms with Gasteiger partial charge >= 0.3 is 12.2 Å². The summed E-state index contributed by atoms with van der Waals surface area (Å²) >= 11 is 0. The van der Waals surface area contributed by atoms with Crippen LogP contribution in [0.1, 0.15) is 22.7 Å². The van der Waals surface area contributed by atoms with Crippen molar-refractivity contribution in [3.63, 3.8) is 0 Å². The molecule has 3 aromatic carbocycles. The second kappa shape index (κ2) is 12.3. The number of carbonyl (C=O) groups is 2. The van der Waals surface area contributed by atoms with Crippen LogP contribution in [0.4, 0.5) is 28.0 Å². The number of anilines is 1. The van der Waals surface area contributed by atoms with Crippen molar-refractivity contribution in [2.24, 2.45) is 0 Å². The normalized spacial score (nSPS) is 16.5. The molecule has 4 aromatic rings. The standard InChI is InChI=1S/C32H26F4N4O2/c33-24-13-11-22(12-14-24)20-40-29(26-7-1-3-8-27(26)32(34,35)36)10-5-19-39(21-30(40)41)31(42)38-28-9-4-2-6-25(28)23-15-17-37-18-16-23/h1-18,29H,19-21H2,(H,38,42)/b10-5-/t29-/m1/s1. The molecule has 6 nitrogen and oxygen atoms in total. The van der Waals surface area contributed by atoms with Crippen molar-refractivity contribution >= 4 is 17.6 Å². The monoisotopic (exact) mass is 574 g/mol. The Labute approximate surface area is 239 Å². The molecule has 0 saturated carbocycles. The topological polar surface area (TPSA) is 65.5 Å². The van der Waals surface area contributed by atoms with Crippen LogP contribution in [0.3, 0.4) is 0 Å². The van der Waals surface area contributed by atoms with Gasteiger partial charge in [-0.2, -0.15) is 13.2 Å². The molecule has 1 atom stereocenters. The summed E-state index contributed by atoms with van der Waals surface area (Å²) in [6.07, 6.45) is 1.70. The van der Waals surface area contributed by atoms with E-state index in [9.17, 15) is 27.2 Å². The van der Waals surface area contributed by atoms with Crippen molar-refractivity contribution in [3.05, 3.63) is 132 Å². The van der Waals surface area contributed by atoms with Crippen LogP contribution in [-0.2, 0) is 17.5 Å². The van der Waals surface area contributed by atoms with E-state index in [1.807, 2.05) is 12.1 Å². The highest BCUT2D eigenvalue weighted by molar-refractivity contribution is 5.96. The summed E-state index contributed by atoms with van der Waals surface area (Å²) in [5, 5.41) is 2.86. The number of hydrogen-bond acceptors (Lipinski definition) is 3. The summed E-state index contributed by atoms with van der Waals surface area (Å²) in [4.78, 5) is 33.7. The quantitative estimate of drug-likeness (QED) is 0.205. The number of pyridine rings is 1. The number of alkyl halides is 3. The van der Waals surface area contributed by atoms with Gasteiger partial charge in [0, 0.05) is 31.0 Å². The van der Waals surface area contributed by atoms with E-state index < -0.39 is 35.5 Å². The maximum absolute atomic E-state index is 14.0. The largest absolute Gasteiger partial charge is 0.416 e. The predicted molar refractivity (Wildman–Crippen MR) is 151 cm³/mol. The summed E-state index contributed by atoms with van der Waals surface area (Å²) in [6.45, 7) is -0.496. The fraction of sp³-hybridized carbons (Fsp3) is 0.156. The Hall–Kier alpha value is -4.99. The lowest BCUT2D eigenvalue weighted by Gasteiger charge is -2.35. The number of carbonyl (C=O) groups excluding carboxylic acids is 2. The van der Waals surface area contributed by atoms with E-state index in [0.717, 1.165) is 17.2 Å². The van der Waals surface area contributed by atoms with E-state index in [0.29, 0.717) is 11.3 Å². The van der Waals surface area contributed by atoms with Crippen LogP contribution >= 0.6 is 0 Å². The Morgan fingerprint density at radius 2 is 1.62 bits per heavy atom. The first-order valence-corrected chi connectivity index (χ1v) is 13.1. The molecule has 42 heavy (non-hydrogen) atoms. The number of para-hydroxylation sites is 1. The smallest absolute Gasteiger partial charge is 0.326 e. The Balaban J connectivity index is 1.46. The van der Waals surface area contributed by atoms with Gasteiger partial charge in [-0.05, 0) is 53.1 Å². The second-order valence-corrected chi connectivity index (χ2v) is 9.70. The average molecular weight is 575 g/mol. The summed E-state index contributed by atoms with van der Waals surface area (Å²) in [6, 6.07) is 19.6. The molecule has 2 heterocycles. The number of hydrogen-bond donors (Lipinski definition) is 1. The van der Waals surface area contributed by atoms with E-state index in [2.05, 4.69) is 10.3 Å². The molecule has 3 amide bonds. The minimum absolute atomic E-state index is 0.00985. The molecule has 1 aliphatic heterocycles. The first-order chi connectivity index (χ1) is 20.2. The van der Waals surface area contributed by atoms with E-state index in [1.165, 1.54) is 58.3 Å². The van der Waals surface area contributed by atoms with Gasteiger partial charge in [-0.15, -0.1) is 0 Å². The zero-order valence-electron chi connectivity index (χ0n) is 22.3. The number of halogens is 4. The fourth-order valence-electron chi connectivity index (χ4n) is 4.88.